The van der Waals surface area contributed by atoms with E-state index in [1.54, 1.807) is 0 Å². The Balaban J connectivity index is 1.92. The lowest BCUT2D eigenvalue weighted by molar-refractivity contribution is -0.384. The van der Waals surface area contributed by atoms with Crippen molar-refractivity contribution in [2.75, 3.05) is 10.6 Å². The number of hydrogen-bond acceptors (Lipinski definition) is 8. The number of phenols is 2. The van der Waals surface area contributed by atoms with Gasteiger partial charge in [-0.1, -0.05) is 0 Å². The van der Waals surface area contributed by atoms with Gasteiger partial charge in [0.1, 0.15) is 22.6 Å². The Morgan fingerprint density at radius 2 is 1.09 bits per heavy atom. The summed E-state index contributed by atoms with van der Waals surface area (Å²) in [5.41, 5.74) is -2.27. The van der Waals surface area contributed by atoms with Crippen LogP contribution in [-0.2, 0) is 0 Å². The van der Waals surface area contributed by atoms with E-state index in [1.807, 2.05) is 0 Å². The molecule has 3 rings (SSSR count). The molecule has 0 aliphatic carbocycles. The van der Waals surface area contributed by atoms with Gasteiger partial charge in [0.05, 0.1) is 4.92 Å². The number of benzene rings is 3. The first-order valence-corrected chi connectivity index (χ1v) is 9.51. The largest absolute Gasteiger partial charge is 0.507 e. The number of nitrogens with one attached hydrogen (secondary N) is 2. The fraction of sp³-hybridized carbons (Fsp3) is 0. The second-order valence-corrected chi connectivity index (χ2v) is 7.01. The minimum Gasteiger partial charge on any atom is -0.507 e. The normalized spacial score (nSPS) is 10.3. The molecule has 178 valence electrons. The van der Waals surface area contributed by atoms with Crippen LogP contribution in [0.1, 0.15) is 41.4 Å². The highest BCUT2D eigenvalue weighted by molar-refractivity contribution is 6.10. The molecular formula is C22H15N3O10. The first-order valence-electron chi connectivity index (χ1n) is 9.51. The summed E-state index contributed by atoms with van der Waals surface area (Å²) < 4.78 is 0. The highest BCUT2D eigenvalue weighted by atomic mass is 16.6. The number of carboxylic acid groups (broad SMARTS) is 2. The standard InChI is InChI=1S/C22H15N3O10/c26-17-3-1-12(8-15(17)21(30)31)23-19(28)10-5-11(7-14(6-10)25(34)35)20(29)24-13-2-4-18(27)16(9-13)22(32)33/h1-9,26-27H,(H,23,28)(H,24,29)(H,30,31)(H,32,33). The van der Waals surface area contributed by atoms with Crippen molar-refractivity contribution in [1.29, 1.82) is 0 Å². The number of rotatable bonds is 7. The van der Waals surface area contributed by atoms with Crippen LogP contribution in [0.2, 0.25) is 0 Å². The van der Waals surface area contributed by atoms with E-state index in [0.717, 1.165) is 42.5 Å². The molecule has 2 amide bonds. The summed E-state index contributed by atoms with van der Waals surface area (Å²) in [6.07, 6.45) is 0. The Morgan fingerprint density at radius 1 is 0.686 bits per heavy atom. The number of aromatic carboxylic acids is 2. The lowest BCUT2D eigenvalue weighted by atomic mass is 10.1. The van der Waals surface area contributed by atoms with Gasteiger partial charge in [0.2, 0.25) is 0 Å². The SMILES string of the molecule is O=C(Nc1ccc(O)c(C(=O)O)c1)c1cc(C(=O)Nc2ccc(O)c(C(=O)O)c2)cc([N+](=O)[O-])c1. The van der Waals surface area contributed by atoms with Crippen LogP contribution >= 0.6 is 0 Å². The lowest BCUT2D eigenvalue weighted by Crippen LogP contribution is -2.17. The molecule has 0 aliphatic rings. The van der Waals surface area contributed by atoms with Crippen LogP contribution in [0.3, 0.4) is 0 Å². The summed E-state index contributed by atoms with van der Waals surface area (Å²) in [5, 5.41) is 53.3. The van der Waals surface area contributed by atoms with Crippen LogP contribution in [0.15, 0.2) is 54.6 Å². The Kier molecular flexibility index (Phi) is 6.62. The minimum atomic E-state index is -1.45. The van der Waals surface area contributed by atoms with Crippen LogP contribution in [0.5, 0.6) is 11.5 Å². The summed E-state index contributed by atoms with van der Waals surface area (Å²) in [4.78, 5) is 58.2. The zero-order valence-corrected chi connectivity index (χ0v) is 17.4. The Labute approximate surface area is 195 Å². The molecule has 0 radical (unpaired) electrons. The van der Waals surface area contributed by atoms with E-state index in [-0.39, 0.29) is 22.5 Å². The molecule has 13 heteroatoms. The summed E-state index contributed by atoms with van der Waals surface area (Å²) in [6, 6.07) is 9.26. The number of carboxylic acids is 2. The molecule has 6 N–H and O–H groups in total. The predicted molar refractivity (Wildman–Crippen MR) is 119 cm³/mol. The second kappa shape index (κ2) is 9.58. The van der Waals surface area contributed by atoms with Crippen molar-refractivity contribution < 1.29 is 44.5 Å². The second-order valence-electron chi connectivity index (χ2n) is 7.01. The topological polar surface area (TPSA) is 216 Å². The van der Waals surface area contributed by atoms with Crippen LogP contribution < -0.4 is 10.6 Å². The van der Waals surface area contributed by atoms with Crippen LogP contribution in [-0.4, -0.2) is 49.1 Å². The molecule has 35 heavy (non-hydrogen) atoms. The van der Waals surface area contributed by atoms with Crippen molar-refractivity contribution >= 4 is 40.8 Å². The number of nitro benzene ring substituents is 1. The van der Waals surface area contributed by atoms with E-state index in [0.29, 0.717) is 0 Å². The number of nitro groups is 1. The first kappa shape index (κ1) is 24.2. The lowest BCUT2D eigenvalue weighted by Gasteiger charge is -2.10. The number of carbonyl (C=O) groups is 4. The maximum absolute atomic E-state index is 12.7. The van der Waals surface area contributed by atoms with Gasteiger partial charge in [-0.15, -0.1) is 0 Å². The number of amides is 2. The third kappa shape index (κ3) is 5.48. The van der Waals surface area contributed by atoms with Crippen molar-refractivity contribution in [1.82, 2.24) is 0 Å². The number of non-ortho nitro benzene ring substituents is 1. The maximum atomic E-state index is 12.7. The summed E-state index contributed by atoms with van der Waals surface area (Å²) in [5.74, 6) is -5.80. The molecule has 0 spiro atoms. The first-order chi connectivity index (χ1) is 16.5. The van der Waals surface area contributed by atoms with E-state index in [1.165, 1.54) is 12.1 Å². The zero-order chi connectivity index (χ0) is 25.9. The van der Waals surface area contributed by atoms with Gasteiger partial charge in [-0.3, -0.25) is 19.7 Å². The van der Waals surface area contributed by atoms with Gasteiger partial charge < -0.3 is 31.1 Å². The molecule has 0 atom stereocenters. The summed E-state index contributed by atoms with van der Waals surface area (Å²) >= 11 is 0. The average molecular weight is 481 g/mol. The molecule has 0 unspecified atom stereocenters. The molecule has 0 saturated carbocycles. The average Bonchev–Trinajstić information content (AvgIpc) is 2.80. The zero-order valence-electron chi connectivity index (χ0n) is 17.4. The van der Waals surface area contributed by atoms with E-state index in [9.17, 15) is 39.5 Å². The summed E-state index contributed by atoms with van der Waals surface area (Å²) in [6.45, 7) is 0. The van der Waals surface area contributed by atoms with Gasteiger partial charge in [-0.25, -0.2) is 9.59 Å². The number of anilines is 2. The fourth-order valence-corrected chi connectivity index (χ4v) is 2.96. The minimum absolute atomic E-state index is 0.0343. The highest BCUT2D eigenvalue weighted by Crippen LogP contribution is 2.25. The molecule has 0 aromatic heterocycles. The van der Waals surface area contributed by atoms with Crippen molar-refractivity contribution in [2.45, 2.75) is 0 Å². The van der Waals surface area contributed by atoms with Gasteiger partial charge in [0.25, 0.3) is 17.5 Å². The molecule has 3 aromatic rings. The van der Waals surface area contributed by atoms with E-state index in [2.05, 4.69) is 10.6 Å². The van der Waals surface area contributed by atoms with E-state index >= 15 is 0 Å². The predicted octanol–water partition coefficient (Wildman–Crippen LogP) is 2.91. The van der Waals surface area contributed by atoms with Gasteiger partial charge in [-0.2, -0.15) is 0 Å². The number of aromatic hydroxyl groups is 2. The van der Waals surface area contributed by atoms with Crippen LogP contribution in [0, 0.1) is 10.1 Å². The van der Waals surface area contributed by atoms with Gasteiger partial charge in [0.15, 0.2) is 0 Å². The third-order valence-corrected chi connectivity index (χ3v) is 4.62. The Morgan fingerprint density at radius 3 is 1.43 bits per heavy atom. The van der Waals surface area contributed by atoms with Crippen LogP contribution in [0.25, 0.3) is 0 Å². The van der Waals surface area contributed by atoms with Crippen LogP contribution in [0.4, 0.5) is 17.1 Å². The quantitative estimate of drug-likeness (QED) is 0.165. The highest BCUT2D eigenvalue weighted by Gasteiger charge is 2.20. The molecule has 0 saturated heterocycles. The molecule has 0 heterocycles. The van der Waals surface area contributed by atoms with Crippen molar-refractivity contribution in [3.05, 3.63) is 87.0 Å². The molecular weight excluding hydrogens is 466 g/mol. The van der Waals surface area contributed by atoms with E-state index in [4.69, 9.17) is 10.2 Å². The Hall–Kier alpha value is -5.46. The molecule has 0 bridgehead atoms. The molecule has 0 aliphatic heterocycles. The fourth-order valence-electron chi connectivity index (χ4n) is 2.96. The Bertz CT molecular complexity index is 1300. The molecule has 0 fully saturated rings. The van der Waals surface area contributed by atoms with Gasteiger partial charge in [0, 0.05) is 34.6 Å². The van der Waals surface area contributed by atoms with Crippen molar-refractivity contribution in [3.63, 3.8) is 0 Å². The van der Waals surface area contributed by atoms with Crippen molar-refractivity contribution in [2.24, 2.45) is 0 Å². The third-order valence-electron chi connectivity index (χ3n) is 4.62. The molecule has 13 nitrogen and oxygen atoms in total. The maximum Gasteiger partial charge on any atom is 0.339 e. The van der Waals surface area contributed by atoms with Gasteiger partial charge >= 0.3 is 11.9 Å². The monoisotopic (exact) mass is 481 g/mol. The van der Waals surface area contributed by atoms with Gasteiger partial charge in [-0.05, 0) is 42.5 Å². The number of carbonyl (C=O) groups excluding carboxylic acids is 2. The number of hydrogen-bond donors (Lipinski definition) is 6. The smallest absolute Gasteiger partial charge is 0.339 e. The summed E-state index contributed by atoms with van der Waals surface area (Å²) in [7, 11) is 0. The van der Waals surface area contributed by atoms with E-state index < -0.39 is 57.0 Å². The number of nitrogens with zero attached hydrogens (tertiary/aromatic N) is 1. The van der Waals surface area contributed by atoms with Crippen molar-refractivity contribution in [3.8, 4) is 11.5 Å². The molecule has 3 aromatic carbocycles.